The third kappa shape index (κ3) is 7.54. The lowest BCUT2D eigenvalue weighted by Crippen LogP contribution is -2.56. The zero-order valence-electron chi connectivity index (χ0n) is 27.9. The Morgan fingerprint density at radius 3 is 2.47 bits per heavy atom. The maximum absolute atomic E-state index is 14.6. The fraction of sp³-hybridized carbons (Fsp3) is 0.474. The number of fused-ring (bicyclic) bond motifs is 1. The summed E-state index contributed by atoms with van der Waals surface area (Å²) in [7, 11) is 0. The first-order chi connectivity index (χ1) is 23.7. The molecule has 49 heavy (non-hydrogen) atoms. The minimum atomic E-state index is -1.27. The van der Waals surface area contributed by atoms with Gasteiger partial charge in [0.05, 0.1) is 24.0 Å². The third-order valence-corrected chi connectivity index (χ3v) is 10.6. The predicted octanol–water partition coefficient (Wildman–Crippen LogP) is 4.48. The largest absolute Gasteiger partial charge is 0.455 e. The highest BCUT2D eigenvalue weighted by Crippen LogP contribution is 2.60. The summed E-state index contributed by atoms with van der Waals surface area (Å²) in [5.74, 6) is -3.36. The normalized spacial score (nSPS) is 26.5. The molecule has 0 saturated carbocycles. The van der Waals surface area contributed by atoms with Crippen LogP contribution in [0.4, 0.5) is 0 Å². The topological polar surface area (TPSA) is 125 Å². The van der Waals surface area contributed by atoms with Crippen LogP contribution in [0, 0.1) is 11.8 Å². The number of hydrogen-bond donors (Lipinski definition) is 2. The number of ether oxygens (including phenoxy) is 2. The van der Waals surface area contributed by atoms with E-state index in [0.717, 1.165) is 5.56 Å². The molecule has 1 unspecified atom stereocenters. The van der Waals surface area contributed by atoms with E-state index in [2.05, 4.69) is 34.4 Å². The number of rotatable bonds is 17. The van der Waals surface area contributed by atoms with E-state index in [-0.39, 0.29) is 48.7 Å². The molecular formula is C38H46BrN3O7. The van der Waals surface area contributed by atoms with Crippen LogP contribution in [-0.2, 0) is 35.2 Å². The molecule has 3 aliphatic heterocycles. The summed E-state index contributed by atoms with van der Waals surface area (Å²) >= 11 is 3.73. The average molecular weight is 737 g/mol. The standard InChI is InChI=1S/C38H46BrN3O7/c1-4-6-19-29(44)40-25(3)32(27-17-11-8-12-18-27)48-37(47)30-31-35(45)42(21-13-14-22-43)34(38(31)23-28(39)33(30)49-38)36(46)41(20-5-2)24-26-15-9-7-10-16-26/h4-5,7-12,15-18,25,28,30-34,43H,1-2,6,13-14,19-24H2,3H3,(H,40,44)/t25-,28?,30-,31+,32-,33-,34-,38+/m1/s1. The molecule has 3 aliphatic rings. The molecular weight excluding hydrogens is 690 g/mol. The van der Waals surface area contributed by atoms with E-state index in [4.69, 9.17) is 9.47 Å². The van der Waals surface area contributed by atoms with Gasteiger partial charge in [0, 0.05) is 37.5 Å². The van der Waals surface area contributed by atoms with Crippen LogP contribution in [0.1, 0.15) is 56.3 Å². The molecule has 3 heterocycles. The van der Waals surface area contributed by atoms with Gasteiger partial charge in [-0.3, -0.25) is 19.2 Å². The number of carbonyl (C=O) groups excluding carboxylic acids is 4. The summed E-state index contributed by atoms with van der Waals surface area (Å²) in [6.07, 6.45) is 3.83. The fourth-order valence-corrected chi connectivity index (χ4v) is 8.56. The van der Waals surface area contributed by atoms with Crippen LogP contribution >= 0.6 is 15.9 Å². The van der Waals surface area contributed by atoms with Crippen LogP contribution in [0.2, 0.25) is 0 Å². The first-order valence-corrected chi connectivity index (χ1v) is 17.9. The molecule has 1 spiro atoms. The van der Waals surface area contributed by atoms with Gasteiger partial charge in [-0.1, -0.05) is 88.7 Å². The Kier molecular flexibility index (Phi) is 12.1. The van der Waals surface area contributed by atoms with Gasteiger partial charge >= 0.3 is 5.97 Å². The third-order valence-electron chi connectivity index (χ3n) is 9.77. The highest BCUT2D eigenvalue weighted by atomic mass is 79.9. The van der Waals surface area contributed by atoms with E-state index in [1.54, 1.807) is 28.9 Å². The number of allylic oxidation sites excluding steroid dienone is 1. The van der Waals surface area contributed by atoms with Crippen LogP contribution in [0.25, 0.3) is 0 Å². The summed E-state index contributed by atoms with van der Waals surface area (Å²) in [5, 5.41) is 12.5. The van der Waals surface area contributed by atoms with Crippen molar-refractivity contribution in [2.24, 2.45) is 11.8 Å². The molecule has 0 radical (unpaired) electrons. The zero-order valence-corrected chi connectivity index (χ0v) is 29.5. The lowest BCUT2D eigenvalue weighted by atomic mass is 9.70. The second-order valence-corrected chi connectivity index (χ2v) is 14.2. The van der Waals surface area contributed by atoms with E-state index < -0.39 is 47.7 Å². The van der Waals surface area contributed by atoms with E-state index in [1.807, 2.05) is 60.7 Å². The minimum absolute atomic E-state index is 0.0496. The number of likely N-dealkylation sites (tertiary alicyclic amines) is 1. The van der Waals surface area contributed by atoms with Crippen molar-refractivity contribution in [2.75, 3.05) is 19.7 Å². The average Bonchev–Trinajstić information content (AvgIpc) is 3.69. The van der Waals surface area contributed by atoms with E-state index >= 15 is 0 Å². The number of aliphatic hydroxyl groups is 1. The Balaban J connectivity index is 1.47. The van der Waals surface area contributed by atoms with Crippen molar-refractivity contribution in [3.05, 3.63) is 97.1 Å². The smallest absolute Gasteiger partial charge is 0.313 e. The molecule has 10 nitrogen and oxygen atoms in total. The van der Waals surface area contributed by atoms with Crippen LogP contribution in [-0.4, -0.2) is 86.9 Å². The number of unbranched alkanes of at least 4 members (excludes halogenated alkanes) is 1. The monoisotopic (exact) mass is 735 g/mol. The highest BCUT2D eigenvalue weighted by molar-refractivity contribution is 9.09. The molecule has 3 saturated heterocycles. The summed E-state index contributed by atoms with van der Waals surface area (Å²) in [6.45, 7) is 10.1. The molecule has 262 valence electrons. The molecule has 0 aromatic heterocycles. The fourth-order valence-electron chi connectivity index (χ4n) is 7.62. The molecule has 2 aromatic carbocycles. The number of alkyl halides is 1. The lowest BCUT2D eigenvalue weighted by Gasteiger charge is -2.37. The van der Waals surface area contributed by atoms with Gasteiger partial charge in [0.1, 0.15) is 17.7 Å². The van der Waals surface area contributed by atoms with E-state index in [1.165, 1.54) is 0 Å². The predicted molar refractivity (Wildman–Crippen MR) is 188 cm³/mol. The number of nitrogens with zero attached hydrogens (tertiary/aromatic N) is 2. The number of nitrogens with one attached hydrogen (secondary N) is 1. The van der Waals surface area contributed by atoms with Crippen molar-refractivity contribution >= 4 is 39.6 Å². The van der Waals surface area contributed by atoms with Crippen molar-refractivity contribution in [3.63, 3.8) is 0 Å². The Morgan fingerprint density at radius 1 is 1.12 bits per heavy atom. The number of halogens is 1. The number of esters is 1. The molecule has 2 N–H and O–H groups in total. The van der Waals surface area contributed by atoms with Crippen LogP contribution < -0.4 is 5.32 Å². The van der Waals surface area contributed by atoms with Crippen LogP contribution in [0.5, 0.6) is 0 Å². The quantitative estimate of drug-likeness (QED) is 0.106. The van der Waals surface area contributed by atoms with Crippen molar-refractivity contribution in [1.82, 2.24) is 15.1 Å². The van der Waals surface area contributed by atoms with Crippen molar-refractivity contribution in [3.8, 4) is 0 Å². The molecule has 3 amide bonds. The molecule has 2 bridgehead atoms. The summed E-state index contributed by atoms with van der Waals surface area (Å²) in [6, 6.07) is 17.2. The van der Waals surface area contributed by atoms with Gasteiger partial charge in [-0.15, -0.1) is 13.2 Å². The Bertz CT molecular complexity index is 1510. The SMILES string of the molecule is C=CCCC(=O)N[C@H](C)[C@@H](OC(=O)[C@H]1[C@@H]2O[C@@]3(CC2Br)[C@@H]1C(=O)N(CCCCO)[C@@H]3C(=O)N(CC=C)Cc1ccccc1)c1ccccc1. The van der Waals surface area contributed by atoms with Gasteiger partial charge in [0.25, 0.3) is 0 Å². The maximum atomic E-state index is 14.6. The number of hydrogen-bond acceptors (Lipinski definition) is 7. The van der Waals surface area contributed by atoms with Crippen molar-refractivity contribution in [1.29, 1.82) is 0 Å². The van der Waals surface area contributed by atoms with Crippen LogP contribution in [0.15, 0.2) is 86.0 Å². The molecule has 5 rings (SSSR count). The Morgan fingerprint density at radius 2 is 1.82 bits per heavy atom. The van der Waals surface area contributed by atoms with Crippen molar-refractivity contribution < 1.29 is 33.8 Å². The summed E-state index contributed by atoms with van der Waals surface area (Å²) in [4.78, 5) is 59.1. The zero-order chi connectivity index (χ0) is 35.1. The van der Waals surface area contributed by atoms with Gasteiger partial charge in [-0.05, 0) is 43.7 Å². The van der Waals surface area contributed by atoms with Gasteiger partial charge in [-0.2, -0.15) is 0 Å². The maximum Gasteiger partial charge on any atom is 0.313 e. The van der Waals surface area contributed by atoms with E-state index in [9.17, 15) is 24.3 Å². The number of benzene rings is 2. The summed E-state index contributed by atoms with van der Waals surface area (Å²) < 4.78 is 12.9. The summed E-state index contributed by atoms with van der Waals surface area (Å²) in [5.41, 5.74) is 0.356. The van der Waals surface area contributed by atoms with Crippen LogP contribution in [0.3, 0.4) is 0 Å². The second kappa shape index (κ2) is 16.3. The molecule has 11 heteroatoms. The Labute approximate surface area is 296 Å². The molecule has 8 atom stereocenters. The number of aliphatic hydroxyl groups excluding tert-OH is 1. The van der Waals surface area contributed by atoms with Gasteiger partial charge in [0.2, 0.25) is 17.7 Å². The first-order valence-electron chi connectivity index (χ1n) is 17.0. The second-order valence-electron chi connectivity index (χ2n) is 13.1. The van der Waals surface area contributed by atoms with Gasteiger partial charge in [-0.25, -0.2) is 0 Å². The van der Waals surface area contributed by atoms with Crippen molar-refractivity contribution in [2.45, 2.75) is 80.3 Å². The number of carbonyl (C=O) groups is 4. The minimum Gasteiger partial charge on any atom is -0.455 e. The van der Waals surface area contributed by atoms with Gasteiger partial charge in [0.15, 0.2) is 0 Å². The molecule has 2 aromatic rings. The number of amides is 3. The lowest BCUT2D eigenvalue weighted by molar-refractivity contribution is -0.162. The first kappa shape index (κ1) is 36.5. The molecule has 0 aliphatic carbocycles. The molecule has 3 fully saturated rings. The Hall–Kier alpha value is -3.80. The van der Waals surface area contributed by atoms with E-state index in [0.29, 0.717) is 37.8 Å². The highest BCUT2D eigenvalue weighted by Gasteiger charge is 2.77. The van der Waals surface area contributed by atoms with Gasteiger partial charge < -0.3 is 29.7 Å².